The third-order valence-electron chi connectivity index (χ3n) is 1.82. The van der Waals surface area contributed by atoms with Crippen molar-refractivity contribution >= 4 is 11.7 Å². The summed E-state index contributed by atoms with van der Waals surface area (Å²) in [4.78, 5) is 14.5. The lowest BCUT2D eigenvalue weighted by molar-refractivity contribution is 0.252. The first-order valence-corrected chi connectivity index (χ1v) is 3.87. The van der Waals surface area contributed by atoms with E-state index in [0.29, 0.717) is 12.3 Å². The van der Waals surface area contributed by atoms with Gasteiger partial charge in [0.1, 0.15) is 5.82 Å². The zero-order chi connectivity index (χ0) is 9.26. The molecule has 1 aromatic carbocycles. The Kier molecular flexibility index (Phi) is 1.81. The molecule has 2 amide bonds. The van der Waals surface area contributed by atoms with Crippen molar-refractivity contribution in [3.63, 3.8) is 0 Å². The molecule has 0 aliphatic carbocycles. The normalized spacial score (nSPS) is 15.5. The zero-order valence-corrected chi connectivity index (χ0v) is 6.75. The molecule has 0 atom stereocenters. The summed E-state index contributed by atoms with van der Waals surface area (Å²) in [5.41, 5.74) is 1.43. The van der Waals surface area contributed by atoms with Crippen molar-refractivity contribution in [3.8, 4) is 0 Å². The molecule has 0 saturated heterocycles. The first-order chi connectivity index (χ1) is 6.25. The highest BCUT2D eigenvalue weighted by molar-refractivity contribution is 6.11. The predicted octanol–water partition coefficient (Wildman–Crippen LogP) is 1.34. The topological polar surface area (TPSA) is 41.5 Å². The number of nitrogens with one attached hydrogen (secondary N) is 1. The van der Waals surface area contributed by atoms with E-state index >= 15 is 0 Å². The molecular weight excluding hydrogens is 171 g/mol. The molecular formula is C9H7FN2O. The molecule has 1 N–H and O–H groups in total. The van der Waals surface area contributed by atoms with E-state index in [2.05, 4.69) is 10.3 Å². The van der Waals surface area contributed by atoms with Gasteiger partial charge >= 0.3 is 6.03 Å². The summed E-state index contributed by atoms with van der Waals surface area (Å²) in [5, 5.41) is 2.55. The van der Waals surface area contributed by atoms with Gasteiger partial charge in [0.15, 0.2) is 0 Å². The molecule has 1 aliphatic rings. The third-order valence-corrected chi connectivity index (χ3v) is 1.82. The first-order valence-electron chi connectivity index (χ1n) is 3.87. The molecule has 2 rings (SSSR count). The average molecular weight is 178 g/mol. The second-order valence-electron chi connectivity index (χ2n) is 2.72. The summed E-state index contributed by atoms with van der Waals surface area (Å²) >= 11 is 0. The van der Waals surface area contributed by atoms with Crippen LogP contribution in [0.5, 0.6) is 0 Å². The second-order valence-corrected chi connectivity index (χ2v) is 2.72. The molecule has 0 bridgehead atoms. The van der Waals surface area contributed by atoms with E-state index in [4.69, 9.17) is 0 Å². The van der Waals surface area contributed by atoms with Crippen molar-refractivity contribution in [1.82, 2.24) is 5.32 Å². The Morgan fingerprint density at radius 3 is 2.54 bits per heavy atom. The summed E-state index contributed by atoms with van der Waals surface area (Å²) in [6.45, 7) is 0.421. The lowest BCUT2D eigenvalue weighted by atomic mass is 10.1. The minimum atomic E-state index is -0.334. The van der Waals surface area contributed by atoms with Crippen LogP contribution in [-0.2, 0) is 0 Å². The highest BCUT2D eigenvalue weighted by Gasteiger charge is 2.13. The van der Waals surface area contributed by atoms with E-state index in [0.717, 1.165) is 5.56 Å². The summed E-state index contributed by atoms with van der Waals surface area (Å²) in [6, 6.07) is 5.57. The van der Waals surface area contributed by atoms with Gasteiger partial charge in [0, 0.05) is 0 Å². The van der Waals surface area contributed by atoms with Gasteiger partial charge in [-0.2, -0.15) is 4.99 Å². The molecule has 0 aromatic heterocycles. The van der Waals surface area contributed by atoms with Crippen LogP contribution >= 0.6 is 0 Å². The predicted molar refractivity (Wildman–Crippen MR) is 46.3 cm³/mol. The molecule has 4 heteroatoms. The SMILES string of the molecule is O=C1N=C(c2ccc(F)cc2)CN1. The molecule has 0 fully saturated rings. The smallest absolute Gasteiger partial charge is 0.331 e. The molecule has 1 heterocycles. The molecule has 1 aromatic rings. The van der Waals surface area contributed by atoms with Crippen LogP contribution in [0.25, 0.3) is 0 Å². The van der Waals surface area contributed by atoms with E-state index in [1.165, 1.54) is 12.1 Å². The summed E-state index contributed by atoms with van der Waals surface area (Å²) in [5.74, 6) is -0.290. The molecule has 3 nitrogen and oxygen atoms in total. The Bertz CT molecular complexity index is 370. The number of hydrogen-bond acceptors (Lipinski definition) is 1. The minimum Gasteiger partial charge on any atom is -0.331 e. The Hall–Kier alpha value is -1.71. The van der Waals surface area contributed by atoms with Crippen molar-refractivity contribution < 1.29 is 9.18 Å². The Balaban J connectivity index is 2.31. The third kappa shape index (κ3) is 1.56. The number of benzene rings is 1. The summed E-state index contributed by atoms with van der Waals surface area (Å²) < 4.78 is 12.5. The summed E-state index contributed by atoms with van der Waals surface area (Å²) in [6.07, 6.45) is 0. The maximum Gasteiger partial charge on any atom is 0.341 e. The van der Waals surface area contributed by atoms with Crippen LogP contribution in [0.15, 0.2) is 29.3 Å². The van der Waals surface area contributed by atoms with E-state index in [-0.39, 0.29) is 11.8 Å². The van der Waals surface area contributed by atoms with E-state index in [1.807, 2.05) is 0 Å². The lowest BCUT2D eigenvalue weighted by Gasteiger charge is -1.97. The van der Waals surface area contributed by atoms with Gasteiger partial charge in [-0.15, -0.1) is 0 Å². The van der Waals surface area contributed by atoms with Crippen molar-refractivity contribution in [1.29, 1.82) is 0 Å². The molecule has 0 radical (unpaired) electrons. The average Bonchev–Trinajstić information content (AvgIpc) is 2.53. The van der Waals surface area contributed by atoms with Gasteiger partial charge in [0.05, 0.1) is 12.3 Å². The van der Waals surface area contributed by atoms with Crippen LogP contribution in [0.3, 0.4) is 0 Å². The fourth-order valence-electron chi connectivity index (χ4n) is 1.17. The highest BCUT2D eigenvalue weighted by Crippen LogP contribution is 2.06. The van der Waals surface area contributed by atoms with Gasteiger partial charge in [-0.05, 0) is 17.7 Å². The zero-order valence-electron chi connectivity index (χ0n) is 6.75. The number of aliphatic imine (C=N–C) groups is 1. The van der Waals surface area contributed by atoms with Gasteiger partial charge in [0.2, 0.25) is 0 Å². The van der Waals surface area contributed by atoms with E-state index < -0.39 is 0 Å². The highest BCUT2D eigenvalue weighted by atomic mass is 19.1. The monoisotopic (exact) mass is 178 g/mol. The number of carbonyl (C=O) groups is 1. The molecule has 0 spiro atoms. The lowest BCUT2D eigenvalue weighted by Crippen LogP contribution is -2.16. The van der Waals surface area contributed by atoms with Gasteiger partial charge in [-0.1, -0.05) is 12.1 Å². The second kappa shape index (κ2) is 2.97. The van der Waals surface area contributed by atoms with Crippen molar-refractivity contribution in [2.45, 2.75) is 0 Å². The van der Waals surface area contributed by atoms with Crippen LogP contribution in [0, 0.1) is 5.82 Å². The molecule has 0 saturated carbocycles. The fourth-order valence-corrected chi connectivity index (χ4v) is 1.17. The number of amides is 2. The summed E-state index contributed by atoms with van der Waals surface area (Å²) in [7, 11) is 0. The van der Waals surface area contributed by atoms with Crippen LogP contribution in [0.4, 0.5) is 9.18 Å². The van der Waals surface area contributed by atoms with Crippen molar-refractivity contribution in [2.24, 2.45) is 4.99 Å². The molecule has 0 unspecified atom stereocenters. The number of halogens is 1. The Morgan fingerprint density at radius 1 is 1.31 bits per heavy atom. The Morgan fingerprint density at radius 2 is 2.00 bits per heavy atom. The van der Waals surface area contributed by atoms with Crippen LogP contribution in [0.2, 0.25) is 0 Å². The minimum absolute atomic E-state index is 0.290. The number of carbonyl (C=O) groups excluding carboxylic acids is 1. The number of rotatable bonds is 1. The van der Waals surface area contributed by atoms with Crippen molar-refractivity contribution in [3.05, 3.63) is 35.6 Å². The maximum absolute atomic E-state index is 12.5. The largest absolute Gasteiger partial charge is 0.341 e. The van der Waals surface area contributed by atoms with Crippen LogP contribution in [0.1, 0.15) is 5.56 Å². The number of nitrogens with zero attached hydrogens (tertiary/aromatic N) is 1. The number of urea groups is 1. The van der Waals surface area contributed by atoms with Gasteiger partial charge in [-0.25, -0.2) is 9.18 Å². The molecule has 66 valence electrons. The fraction of sp³-hybridized carbons (Fsp3) is 0.111. The first kappa shape index (κ1) is 7.91. The van der Waals surface area contributed by atoms with Crippen molar-refractivity contribution in [2.75, 3.05) is 6.54 Å². The standard InChI is InChI=1S/C9H7FN2O/c10-7-3-1-6(2-4-7)8-5-11-9(13)12-8/h1-4H,5H2,(H,11,13). The van der Waals surface area contributed by atoms with Gasteiger partial charge < -0.3 is 5.32 Å². The quantitative estimate of drug-likeness (QED) is 0.692. The van der Waals surface area contributed by atoms with E-state index in [9.17, 15) is 9.18 Å². The van der Waals surface area contributed by atoms with E-state index in [1.54, 1.807) is 12.1 Å². The van der Waals surface area contributed by atoms with Crippen LogP contribution in [-0.4, -0.2) is 18.3 Å². The van der Waals surface area contributed by atoms with Gasteiger partial charge in [-0.3, -0.25) is 0 Å². The Labute approximate surface area is 74.3 Å². The maximum atomic E-state index is 12.5. The van der Waals surface area contributed by atoms with Gasteiger partial charge in [0.25, 0.3) is 0 Å². The molecule has 13 heavy (non-hydrogen) atoms. The molecule has 1 aliphatic heterocycles. The number of hydrogen-bond donors (Lipinski definition) is 1. The van der Waals surface area contributed by atoms with Crippen LogP contribution < -0.4 is 5.32 Å².